The number of carboxylic acid groups (broad SMARTS) is 7. The van der Waals surface area contributed by atoms with Gasteiger partial charge in [-0.1, -0.05) is 41.0 Å². The quantitative estimate of drug-likeness (QED) is 0.0140. The zero-order valence-corrected chi connectivity index (χ0v) is 69.7. The van der Waals surface area contributed by atoms with Crippen molar-refractivity contribution in [1.82, 2.24) is 0 Å². The molecule has 0 aromatic carbocycles. The Bertz CT molecular complexity index is 3700. The van der Waals surface area contributed by atoms with E-state index in [4.69, 9.17) is 81.5 Å². The van der Waals surface area contributed by atoms with Crippen molar-refractivity contribution < 1.29 is 168 Å². The van der Waals surface area contributed by atoms with Crippen LogP contribution in [0.1, 0.15) is 240 Å². The van der Waals surface area contributed by atoms with Crippen LogP contribution in [0.3, 0.4) is 0 Å². The highest BCUT2D eigenvalue weighted by atomic mass is 16.6. The first-order chi connectivity index (χ1) is 58.0. The number of rotatable bonds is 69. The zero-order valence-electron chi connectivity index (χ0n) is 69.7. The van der Waals surface area contributed by atoms with Crippen molar-refractivity contribution in [3.05, 3.63) is 118 Å². The van der Waals surface area contributed by atoms with E-state index < -0.39 is 66.2 Å². The summed E-state index contributed by atoms with van der Waals surface area (Å²) in [4.78, 5) is 157. The lowest BCUT2D eigenvalue weighted by Crippen LogP contribution is -2.21. The maximum absolute atomic E-state index is 11.0. The molecule has 5 aromatic heterocycles. The first kappa shape index (κ1) is 107. The molecule has 0 aliphatic rings. The van der Waals surface area contributed by atoms with Crippen molar-refractivity contribution in [2.45, 2.75) is 277 Å². The van der Waals surface area contributed by atoms with Crippen molar-refractivity contribution in [1.29, 1.82) is 0 Å². The third-order valence-corrected chi connectivity index (χ3v) is 19.0. The summed E-state index contributed by atoms with van der Waals surface area (Å²) in [5.74, 6) is 2.55. The molecule has 0 radical (unpaired) electrons. The van der Waals surface area contributed by atoms with Crippen molar-refractivity contribution >= 4 is 93.6 Å². The smallest absolute Gasteiger partial charge is 0.306 e. The second-order valence-electron chi connectivity index (χ2n) is 29.3. The Morgan fingerprint density at radius 2 is 0.570 bits per heavy atom. The molecule has 35 nitrogen and oxygen atoms in total. The number of hydrogen-bond donors (Lipinski definition) is 7. The summed E-state index contributed by atoms with van der Waals surface area (Å²) in [5.41, 5.74) is 0. The Labute approximate surface area is 703 Å². The summed E-state index contributed by atoms with van der Waals surface area (Å²) in [6.07, 6.45) is 15.7. The van der Waals surface area contributed by atoms with Crippen LogP contribution in [-0.4, -0.2) is 180 Å². The average Bonchev–Trinajstić information content (AvgIpc) is 1.78. The van der Waals surface area contributed by atoms with Crippen LogP contribution in [0.4, 0.5) is 0 Å². The second kappa shape index (κ2) is 67.3. The fraction of sp³-hybridized carbons (Fsp3) is 0.593. The molecule has 10 atom stereocenters. The molecular formula is C86H122O35. The van der Waals surface area contributed by atoms with Gasteiger partial charge >= 0.3 is 41.8 Å². The number of hydrogen-bond acceptors (Lipinski definition) is 28. The van der Waals surface area contributed by atoms with Crippen LogP contribution < -0.4 is 0 Å². The first-order valence-corrected chi connectivity index (χ1v) is 40.5. The highest BCUT2D eigenvalue weighted by Gasteiger charge is 2.22. The summed E-state index contributed by atoms with van der Waals surface area (Å²) in [6, 6.07) is 18.6. The van der Waals surface area contributed by atoms with Gasteiger partial charge < -0.3 is 95.7 Å². The minimum atomic E-state index is -0.920. The van der Waals surface area contributed by atoms with Gasteiger partial charge in [-0.15, -0.1) is 0 Å². The molecule has 10 unspecified atom stereocenters. The highest BCUT2D eigenvalue weighted by Crippen LogP contribution is 2.25. The van der Waals surface area contributed by atoms with Crippen LogP contribution in [0.2, 0.25) is 0 Å². The fourth-order valence-corrected chi connectivity index (χ4v) is 12.3. The molecule has 0 amide bonds. The van der Waals surface area contributed by atoms with Gasteiger partial charge in [0.05, 0.1) is 5.92 Å². The Morgan fingerprint density at radius 1 is 0.289 bits per heavy atom. The lowest BCUT2D eigenvalue weighted by molar-refractivity contribution is -0.143. The number of carbonyl (C=O) groups is 15. The van der Waals surface area contributed by atoms with Crippen molar-refractivity contribution in [2.75, 3.05) is 19.8 Å². The van der Waals surface area contributed by atoms with Gasteiger partial charge in [0.1, 0.15) is 108 Å². The monoisotopic (exact) mass is 1710 g/mol. The summed E-state index contributed by atoms with van der Waals surface area (Å²) >= 11 is 0. The molecule has 0 spiro atoms. The molecule has 0 aliphatic carbocycles. The van der Waals surface area contributed by atoms with Crippen LogP contribution in [0, 0.1) is 29.6 Å². The lowest BCUT2D eigenvalue weighted by Gasteiger charge is -2.13. The predicted molar refractivity (Wildman–Crippen MR) is 427 cm³/mol. The fourth-order valence-electron chi connectivity index (χ4n) is 12.3. The number of aliphatic carboxylic acids is 7. The van der Waals surface area contributed by atoms with Crippen LogP contribution >= 0.6 is 0 Å². The third-order valence-electron chi connectivity index (χ3n) is 19.0. The lowest BCUT2D eigenvalue weighted by atomic mass is 9.98. The van der Waals surface area contributed by atoms with E-state index in [2.05, 4.69) is 21.1 Å². The van der Waals surface area contributed by atoms with Crippen molar-refractivity contribution in [2.24, 2.45) is 29.6 Å². The summed E-state index contributed by atoms with van der Waals surface area (Å²) in [6.45, 7) is 12.3. The molecule has 0 fully saturated rings. The molecule has 5 rings (SSSR count). The first-order valence-electron chi connectivity index (χ1n) is 40.5. The summed E-state index contributed by atoms with van der Waals surface area (Å²) in [5, 5.41) is 61.2. The van der Waals surface area contributed by atoms with Crippen molar-refractivity contribution in [3.8, 4) is 0 Å². The van der Waals surface area contributed by atoms with E-state index >= 15 is 0 Å². The van der Waals surface area contributed by atoms with Gasteiger partial charge in [-0.25, -0.2) is 0 Å². The van der Waals surface area contributed by atoms with E-state index in [9.17, 15) is 71.9 Å². The third kappa shape index (κ3) is 57.3. The van der Waals surface area contributed by atoms with Crippen LogP contribution in [-0.2, 0) is 174 Å². The standard InChI is InChI=1S/C20H30O7.2C18H26O7.C16H22O7.C14H18O7/c1-15(8-12-19(22)23)4-2-6-17-9-10-18(27-17)7-3-5-16(26-14-21)11-13-20(24)25;1-13(3-10-17(20)21)2-4-15-7-8-16(25-15)6-5-14(24-12-19)9-11-18(22)23;1-14(10-18(21)22)4-2-5-15-8-9-16(25-15)6-3-7-17(24-13-20)11-23-12-19;1-2-12(16(19)20)3-4-13-5-6-14(23-13)7-8-15(22-11-18)9-21-10-17;1-10(5-14(17)18)4-11-2-3-12(21-11)6-13(20-9-16)7-19-8-15/h9-10,14-16H,2-8,11-13H2,1H3,(H,22,23)(H,24,25);7-8,12-14H,2-6,9-11H2,1H3,(H,20,21)(H,22,23);8-9,12-14,17H,2-7,10-11H2,1H3,(H,21,22);5-6,10-12,15H,2-4,7-9H2,1H3,(H,19,20);2-3,8-10,13H,4-7H2,1H3,(H,17,18). The SMILES string of the molecule is CC(CC(=O)O)Cc1ccc(CC(COC=O)OC=O)o1.CC(CCC(=O)O)CCc1ccc(CCC(CCC(=O)O)OC=O)o1.CC(CCCc1ccc(CCCC(CCC(=O)O)OC=O)o1)CCC(=O)O.CC(CCCc1ccc(CCCC(COC=O)OC=O)o1)CC(=O)O.CCC(CCc1ccc(CCC(COC=O)OC=O)o1)C(=O)O. The Hall–Kier alpha value is -11.5. The van der Waals surface area contributed by atoms with Gasteiger partial charge in [0.25, 0.3) is 51.8 Å². The Morgan fingerprint density at radius 3 is 0.950 bits per heavy atom. The molecule has 35 heteroatoms. The molecule has 121 heavy (non-hydrogen) atoms. The maximum atomic E-state index is 11.0. The Balaban J connectivity index is 0.000000758. The molecule has 5 aromatic rings. The molecular weight excluding hydrogens is 1590 g/mol. The summed E-state index contributed by atoms with van der Waals surface area (Å²) in [7, 11) is 0. The number of furan rings is 5. The van der Waals surface area contributed by atoms with Gasteiger partial charge in [0, 0.05) is 103 Å². The van der Waals surface area contributed by atoms with Gasteiger partial charge in [0.2, 0.25) is 0 Å². The van der Waals surface area contributed by atoms with E-state index in [-0.39, 0.29) is 108 Å². The van der Waals surface area contributed by atoms with Gasteiger partial charge in [-0.3, -0.25) is 71.9 Å². The number of ether oxygens (including phenoxy) is 8. The number of aryl methyl sites for hydroxylation is 8. The van der Waals surface area contributed by atoms with E-state index in [1.165, 1.54) is 0 Å². The number of carboxylic acids is 7. The van der Waals surface area contributed by atoms with Crippen LogP contribution in [0.15, 0.2) is 82.7 Å². The predicted octanol–water partition coefficient (Wildman–Crippen LogP) is 12.8. The van der Waals surface area contributed by atoms with E-state index in [1.807, 2.05) is 76.2 Å². The van der Waals surface area contributed by atoms with Gasteiger partial charge in [-0.2, -0.15) is 0 Å². The van der Waals surface area contributed by atoms with Gasteiger partial charge in [-0.05, 0) is 187 Å². The second-order valence-corrected chi connectivity index (χ2v) is 29.3. The van der Waals surface area contributed by atoms with Crippen LogP contribution in [0.5, 0.6) is 0 Å². The maximum Gasteiger partial charge on any atom is 0.306 e. The normalized spacial score (nSPS) is 13.1. The minimum Gasteiger partial charge on any atom is -0.481 e. The minimum absolute atomic E-state index is 0.00654. The molecule has 0 bridgehead atoms. The van der Waals surface area contributed by atoms with E-state index in [0.717, 1.165) is 105 Å². The molecule has 0 saturated heterocycles. The Kier molecular flexibility index (Phi) is 59.7. The largest absolute Gasteiger partial charge is 0.481 e. The summed E-state index contributed by atoms with van der Waals surface area (Å²) < 4.78 is 66.6. The average molecular weight is 1720 g/mol. The molecule has 676 valence electrons. The highest BCUT2D eigenvalue weighted by molar-refractivity contribution is 5.70. The molecule has 0 saturated carbocycles. The topological polar surface area (TPSA) is 537 Å². The number of carbonyl (C=O) groups excluding carboxylic acids is 8. The molecule has 5 heterocycles. The van der Waals surface area contributed by atoms with E-state index in [1.54, 1.807) is 12.1 Å². The zero-order chi connectivity index (χ0) is 90.0. The molecule has 0 aliphatic heterocycles. The van der Waals surface area contributed by atoms with Crippen LogP contribution in [0.25, 0.3) is 0 Å². The van der Waals surface area contributed by atoms with Gasteiger partial charge in [0.15, 0.2) is 0 Å². The van der Waals surface area contributed by atoms with Crippen molar-refractivity contribution in [3.63, 3.8) is 0 Å². The molecule has 7 N–H and O–H groups in total. The van der Waals surface area contributed by atoms with E-state index in [0.29, 0.717) is 164 Å².